The molecule has 0 aliphatic rings. The summed E-state index contributed by atoms with van der Waals surface area (Å²) < 4.78 is 28.9. The molecular weight excluding hydrogens is 331 g/mol. The number of nitrogens with one attached hydrogen (secondary N) is 1. The molecule has 0 atom stereocenters. The van der Waals surface area contributed by atoms with Crippen molar-refractivity contribution in [2.45, 2.75) is 13.8 Å². The van der Waals surface area contributed by atoms with E-state index in [2.05, 4.69) is 9.72 Å². The summed E-state index contributed by atoms with van der Waals surface area (Å²) in [7, 11) is -2.73. The zero-order chi connectivity index (χ0) is 16.8. The summed E-state index contributed by atoms with van der Waals surface area (Å²) in [6.45, 7) is 3.38. The van der Waals surface area contributed by atoms with Gasteiger partial charge in [-0.3, -0.25) is 18.9 Å². The first-order valence-electron chi connectivity index (χ1n) is 6.39. The van der Waals surface area contributed by atoms with E-state index in [-0.39, 0.29) is 23.3 Å². The molecule has 0 spiro atoms. The van der Waals surface area contributed by atoms with Crippen molar-refractivity contribution in [3.05, 3.63) is 32.7 Å². The summed E-state index contributed by atoms with van der Waals surface area (Å²) >= 11 is 4.97. The Kier molecular flexibility index (Phi) is 6.89. The average Bonchev–Trinajstić information content (AvgIpc) is 2.46. The van der Waals surface area contributed by atoms with E-state index in [0.717, 1.165) is 13.3 Å². The molecule has 22 heavy (non-hydrogen) atoms. The lowest BCUT2D eigenvalue weighted by Crippen LogP contribution is -2.13. The molecule has 0 aliphatic heterocycles. The summed E-state index contributed by atoms with van der Waals surface area (Å²) in [6.07, 6.45) is 2.49. The number of nitrogens with zero attached hydrogens (tertiary/aromatic N) is 1. The molecular formula is C12H17N2O6PS. The maximum atomic E-state index is 12.8. The lowest BCUT2D eigenvalue weighted by Gasteiger charge is -2.18. The van der Waals surface area contributed by atoms with Gasteiger partial charge in [0.15, 0.2) is 10.1 Å². The molecule has 0 amide bonds. The van der Waals surface area contributed by atoms with Crippen LogP contribution in [0.25, 0.3) is 6.20 Å². The number of carbonyl (C=O) groups is 1. The molecule has 0 unspecified atom stereocenters. The largest absolute Gasteiger partial charge is 0.465 e. The Labute approximate surface area is 132 Å². The maximum absolute atomic E-state index is 12.8. The van der Waals surface area contributed by atoms with Crippen LogP contribution in [0.2, 0.25) is 0 Å². The van der Waals surface area contributed by atoms with Gasteiger partial charge in [0, 0.05) is 18.5 Å². The van der Waals surface area contributed by atoms with Crippen LogP contribution in [0.15, 0.2) is 22.4 Å². The Morgan fingerprint density at radius 1 is 1.41 bits per heavy atom. The molecule has 0 aliphatic carbocycles. The molecule has 0 radical (unpaired) electrons. The summed E-state index contributed by atoms with van der Waals surface area (Å²) in [5.41, 5.74) is -0.396. The first kappa shape index (κ1) is 18.5. The number of ether oxygens (including phenoxy) is 1. The molecule has 0 saturated heterocycles. The predicted octanol–water partition coefficient (Wildman–Crippen LogP) is 2.14. The van der Waals surface area contributed by atoms with Crippen molar-refractivity contribution >= 4 is 32.0 Å². The third-order valence-corrected chi connectivity index (χ3v) is 4.80. The highest BCUT2D eigenvalue weighted by Gasteiger charge is 2.36. The third kappa shape index (κ3) is 4.48. The lowest BCUT2D eigenvalue weighted by molar-refractivity contribution is -0.135. The molecule has 8 nitrogen and oxygen atoms in total. The second kappa shape index (κ2) is 8.19. The van der Waals surface area contributed by atoms with Crippen molar-refractivity contribution < 1.29 is 23.1 Å². The fraction of sp³-hybridized carbons (Fsp3) is 0.417. The van der Waals surface area contributed by atoms with Gasteiger partial charge in [-0.1, -0.05) is 0 Å². The number of hydrogen-bond donors (Lipinski definition) is 1. The van der Waals surface area contributed by atoms with Gasteiger partial charge >= 0.3 is 13.6 Å². The Hall–Kier alpha value is -1.54. The van der Waals surface area contributed by atoms with Crippen LogP contribution in [0.4, 0.5) is 0 Å². The molecule has 0 saturated carbocycles. The van der Waals surface area contributed by atoms with Gasteiger partial charge in [0.2, 0.25) is 0 Å². The van der Waals surface area contributed by atoms with Crippen LogP contribution in [0.3, 0.4) is 0 Å². The molecule has 0 bridgehead atoms. The number of esters is 1. The van der Waals surface area contributed by atoms with Crippen LogP contribution in [0, 0.1) is 4.77 Å². The molecule has 1 rings (SSSR count). The van der Waals surface area contributed by atoms with Crippen molar-refractivity contribution in [3.63, 3.8) is 0 Å². The van der Waals surface area contributed by atoms with E-state index in [1.807, 2.05) is 0 Å². The van der Waals surface area contributed by atoms with Gasteiger partial charge < -0.3 is 13.8 Å². The van der Waals surface area contributed by atoms with E-state index >= 15 is 0 Å². The number of methoxy groups -OCH3 is 1. The first-order valence-corrected chi connectivity index (χ1v) is 8.34. The molecule has 0 fully saturated rings. The monoisotopic (exact) mass is 348 g/mol. The summed E-state index contributed by atoms with van der Waals surface area (Å²) in [6, 6.07) is 1.20. The highest BCUT2D eigenvalue weighted by molar-refractivity contribution is 7.71. The molecule has 1 aromatic heterocycles. The minimum atomic E-state index is -3.87. The number of H-pyrrole nitrogens is 1. The van der Waals surface area contributed by atoms with Gasteiger partial charge in [0.1, 0.15) is 0 Å². The van der Waals surface area contributed by atoms with E-state index < -0.39 is 19.1 Å². The van der Waals surface area contributed by atoms with E-state index in [1.54, 1.807) is 13.8 Å². The van der Waals surface area contributed by atoms with Crippen molar-refractivity contribution in [2.24, 2.45) is 0 Å². The van der Waals surface area contributed by atoms with Crippen LogP contribution in [0.1, 0.15) is 13.8 Å². The topological polar surface area (TPSA) is 99.6 Å². The first-order chi connectivity index (χ1) is 10.4. The summed E-state index contributed by atoms with van der Waals surface area (Å²) in [4.78, 5) is 25.5. The van der Waals surface area contributed by atoms with E-state index in [4.69, 9.17) is 21.3 Å². The van der Waals surface area contributed by atoms with Crippen molar-refractivity contribution in [1.82, 2.24) is 9.55 Å². The minimum Gasteiger partial charge on any atom is -0.465 e. The standard InChI is InChI=1S/C12H17N2O6PS/c1-4-19-21(17,20-5-2)9(11(16)18-3)8-14-7-6-10(15)13-12(14)22/h6-8H,4-5H2,1-3H3,(H,13,15,22). The van der Waals surface area contributed by atoms with Gasteiger partial charge in [-0.05, 0) is 26.1 Å². The molecule has 122 valence electrons. The minimum absolute atomic E-state index is 0.0217. The Morgan fingerprint density at radius 3 is 2.45 bits per heavy atom. The average molecular weight is 348 g/mol. The lowest BCUT2D eigenvalue weighted by atomic mass is 10.5. The molecule has 1 heterocycles. The van der Waals surface area contributed by atoms with Crippen LogP contribution in [0.5, 0.6) is 0 Å². The zero-order valence-electron chi connectivity index (χ0n) is 12.4. The maximum Gasteiger partial charge on any atom is 0.370 e. The smallest absolute Gasteiger partial charge is 0.370 e. The Morgan fingerprint density at radius 2 is 2.00 bits per heavy atom. The normalized spacial score (nSPS) is 12.2. The van der Waals surface area contributed by atoms with E-state index in [9.17, 15) is 14.2 Å². The second-order valence-electron chi connectivity index (χ2n) is 3.86. The quantitative estimate of drug-likeness (QED) is 0.349. The van der Waals surface area contributed by atoms with E-state index in [0.29, 0.717) is 0 Å². The van der Waals surface area contributed by atoms with Crippen LogP contribution < -0.4 is 5.56 Å². The molecule has 10 heteroatoms. The molecule has 0 aromatic carbocycles. The van der Waals surface area contributed by atoms with Gasteiger partial charge in [0.05, 0.1) is 20.3 Å². The van der Waals surface area contributed by atoms with Crippen LogP contribution in [-0.4, -0.2) is 35.8 Å². The number of carbonyl (C=O) groups excluding carboxylic acids is 1. The SMILES string of the molecule is CCOP(=O)(OCC)C(=Cn1ccc(=O)[nH]c1=S)C(=O)OC. The van der Waals surface area contributed by atoms with Crippen molar-refractivity contribution in [3.8, 4) is 0 Å². The van der Waals surface area contributed by atoms with Gasteiger partial charge in [0.25, 0.3) is 5.56 Å². The summed E-state index contributed by atoms with van der Waals surface area (Å²) in [5.74, 6) is -0.877. The van der Waals surface area contributed by atoms with Crippen molar-refractivity contribution in [2.75, 3.05) is 20.3 Å². The summed E-state index contributed by atoms with van der Waals surface area (Å²) in [5, 5.41) is -0.318. The van der Waals surface area contributed by atoms with Crippen molar-refractivity contribution in [1.29, 1.82) is 0 Å². The van der Waals surface area contributed by atoms with E-state index in [1.165, 1.54) is 16.8 Å². The number of aromatic nitrogens is 2. The third-order valence-electron chi connectivity index (χ3n) is 2.40. The Balaban J connectivity index is 3.48. The zero-order valence-corrected chi connectivity index (χ0v) is 14.1. The predicted molar refractivity (Wildman–Crippen MR) is 83.0 cm³/mol. The van der Waals surface area contributed by atoms with Gasteiger partial charge in [-0.2, -0.15) is 0 Å². The molecule has 1 N–H and O–H groups in total. The van der Waals surface area contributed by atoms with Gasteiger partial charge in [-0.15, -0.1) is 0 Å². The van der Waals surface area contributed by atoms with Gasteiger partial charge in [-0.25, -0.2) is 4.79 Å². The number of aromatic amines is 1. The van der Waals surface area contributed by atoms with Crippen LogP contribution in [-0.2, 0) is 23.1 Å². The fourth-order valence-electron chi connectivity index (χ4n) is 1.52. The highest BCUT2D eigenvalue weighted by atomic mass is 32.1. The number of rotatable bonds is 7. The number of hydrogen-bond acceptors (Lipinski definition) is 7. The fourth-order valence-corrected chi connectivity index (χ4v) is 3.34. The second-order valence-corrected chi connectivity index (χ2v) is 6.24. The highest BCUT2D eigenvalue weighted by Crippen LogP contribution is 2.56. The molecule has 1 aromatic rings. The van der Waals surface area contributed by atoms with Crippen LogP contribution >= 0.6 is 19.8 Å². The Bertz CT molecular complexity index is 713.